The number of hydrogen-bond donors (Lipinski definition) is 2. The van der Waals surface area contributed by atoms with Gasteiger partial charge in [-0.1, -0.05) is 19.4 Å². The van der Waals surface area contributed by atoms with Gasteiger partial charge in [-0.05, 0) is 43.5 Å². The molecule has 0 saturated carbocycles. The lowest BCUT2D eigenvalue weighted by Gasteiger charge is -2.34. The van der Waals surface area contributed by atoms with Crippen LogP contribution in [0.4, 0.5) is 0 Å². The van der Waals surface area contributed by atoms with E-state index in [0.29, 0.717) is 25.1 Å². The number of aliphatic carboxylic acids is 1. The van der Waals surface area contributed by atoms with E-state index in [1.165, 1.54) is 7.11 Å². The summed E-state index contributed by atoms with van der Waals surface area (Å²) in [4.78, 5) is 13.8. The summed E-state index contributed by atoms with van der Waals surface area (Å²) >= 11 is 0. The average Bonchev–Trinajstić information content (AvgIpc) is 2.85. The Bertz CT molecular complexity index is 517. The topological polar surface area (TPSA) is 70.0 Å². The van der Waals surface area contributed by atoms with E-state index in [2.05, 4.69) is 0 Å². The molecule has 1 saturated heterocycles. The minimum atomic E-state index is -0.750. The van der Waals surface area contributed by atoms with Gasteiger partial charge in [-0.2, -0.15) is 0 Å². The minimum Gasteiger partial charge on any atom is -0.504 e. The van der Waals surface area contributed by atoms with Crippen LogP contribution in [0.25, 0.3) is 0 Å². The van der Waals surface area contributed by atoms with Crippen LogP contribution in [-0.4, -0.2) is 40.3 Å². The van der Waals surface area contributed by atoms with E-state index in [0.717, 1.165) is 24.9 Å². The van der Waals surface area contributed by atoms with Crippen LogP contribution in [0.1, 0.15) is 38.2 Å². The molecule has 0 aromatic heterocycles. The lowest BCUT2D eigenvalue weighted by atomic mass is 9.90. The van der Waals surface area contributed by atoms with E-state index in [4.69, 9.17) is 4.74 Å². The number of aromatic hydroxyl groups is 1. The van der Waals surface area contributed by atoms with Crippen molar-refractivity contribution in [2.24, 2.45) is 0 Å². The number of rotatable bonds is 6. The zero-order chi connectivity index (χ0) is 15.5. The van der Waals surface area contributed by atoms with E-state index < -0.39 is 11.5 Å². The van der Waals surface area contributed by atoms with Crippen LogP contribution < -0.4 is 4.74 Å². The Kier molecular flexibility index (Phi) is 4.73. The lowest BCUT2D eigenvalue weighted by molar-refractivity contribution is -0.150. The third-order valence-electron chi connectivity index (χ3n) is 4.30. The highest BCUT2D eigenvalue weighted by Gasteiger charge is 2.46. The van der Waals surface area contributed by atoms with Crippen LogP contribution in [0.5, 0.6) is 11.5 Å². The zero-order valence-electron chi connectivity index (χ0n) is 12.6. The van der Waals surface area contributed by atoms with Crippen LogP contribution in [-0.2, 0) is 11.3 Å². The molecule has 1 aromatic carbocycles. The molecule has 0 amide bonds. The number of carbonyl (C=O) groups is 1. The van der Waals surface area contributed by atoms with Crippen molar-refractivity contribution in [3.63, 3.8) is 0 Å². The number of benzene rings is 1. The molecule has 2 rings (SSSR count). The second kappa shape index (κ2) is 6.35. The van der Waals surface area contributed by atoms with Crippen molar-refractivity contribution in [2.75, 3.05) is 13.7 Å². The number of phenolic OH excluding ortho intramolecular Hbond substituents is 1. The van der Waals surface area contributed by atoms with Crippen molar-refractivity contribution in [1.29, 1.82) is 0 Å². The van der Waals surface area contributed by atoms with Gasteiger partial charge in [-0.25, -0.2) is 0 Å². The first kappa shape index (κ1) is 15.6. The van der Waals surface area contributed by atoms with Crippen LogP contribution in [0, 0.1) is 0 Å². The molecule has 1 aliphatic rings. The summed E-state index contributed by atoms with van der Waals surface area (Å²) in [6.45, 7) is 3.36. The fraction of sp³-hybridized carbons (Fsp3) is 0.562. The van der Waals surface area contributed by atoms with Crippen molar-refractivity contribution >= 4 is 5.97 Å². The van der Waals surface area contributed by atoms with Crippen molar-refractivity contribution in [3.8, 4) is 11.5 Å². The van der Waals surface area contributed by atoms with E-state index >= 15 is 0 Å². The van der Waals surface area contributed by atoms with Crippen molar-refractivity contribution in [2.45, 2.75) is 44.7 Å². The number of methoxy groups -OCH3 is 1. The predicted molar refractivity (Wildman–Crippen MR) is 79.6 cm³/mol. The van der Waals surface area contributed by atoms with Gasteiger partial charge in [0, 0.05) is 6.54 Å². The highest BCUT2D eigenvalue weighted by molar-refractivity contribution is 5.79. The molecule has 1 aromatic rings. The largest absolute Gasteiger partial charge is 0.504 e. The molecule has 1 atom stereocenters. The summed E-state index contributed by atoms with van der Waals surface area (Å²) in [7, 11) is 1.51. The van der Waals surface area contributed by atoms with E-state index in [-0.39, 0.29) is 5.75 Å². The number of ether oxygens (including phenoxy) is 1. The van der Waals surface area contributed by atoms with Gasteiger partial charge in [0.05, 0.1) is 7.11 Å². The number of phenols is 1. The first-order valence-corrected chi connectivity index (χ1v) is 7.38. The monoisotopic (exact) mass is 293 g/mol. The predicted octanol–water partition coefficient (Wildman–Crippen LogP) is 2.62. The summed E-state index contributed by atoms with van der Waals surface area (Å²) in [6.07, 6.45) is 3.12. The van der Waals surface area contributed by atoms with Crippen LogP contribution in [0.2, 0.25) is 0 Å². The second-order valence-corrected chi connectivity index (χ2v) is 5.62. The molecule has 1 unspecified atom stereocenters. The lowest BCUT2D eigenvalue weighted by Crippen LogP contribution is -2.49. The van der Waals surface area contributed by atoms with Gasteiger partial charge in [0.1, 0.15) is 5.54 Å². The number of carboxylic acid groups (broad SMARTS) is 1. The van der Waals surface area contributed by atoms with Gasteiger partial charge in [0.2, 0.25) is 0 Å². The zero-order valence-corrected chi connectivity index (χ0v) is 12.6. The van der Waals surface area contributed by atoms with Crippen molar-refractivity contribution < 1.29 is 19.7 Å². The third-order valence-corrected chi connectivity index (χ3v) is 4.30. The molecule has 2 N–H and O–H groups in total. The molecule has 0 radical (unpaired) electrons. The molecule has 1 aliphatic heterocycles. The summed E-state index contributed by atoms with van der Waals surface area (Å²) in [5.41, 5.74) is 0.202. The molecule has 0 bridgehead atoms. The van der Waals surface area contributed by atoms with Crippen molar-refractivity contribution in [3.05, 3.63) is 23.8 Å². The molecule has 5 heteroatoms. The van der Waals surface area contributed by atoms with Crippen LogP contribution in [0.15, 0.2) is 18.2 Å². The molecule has 5 nitrogen and oxygen atoms in total. The normalized spacial score (nSPS) is 22.4. The molecule has 116 valence electrons. The van der Waals surface area contributed by atoms with E-state index in [1.54, 1.807) is 12.1 Å². The Morgan fingerprint density at radius 2 is 2.24 bits per heavy atom. The molecule has 1 fully saturated rings. The number of carboxylic acids is 1. The summed E-state index contributed by atoms with van der Waals surface area (Å²) in [6, 6.07) is 5.17. The van der Waals surface area contributed by atoms with Gasteiger partial charge in [0.25, 0.3) is 0 Å². The van der Waals surface area contributed by atoms with Gasteiger partial charge in [-0.3, -0.25) is 9.69 Å². The Morgan fingerprint density at radius 1 is 1.48 bits per heavy atom. The standard InChI is InChI=1S/C16H23NO4/c1-3-7-16(15(19)20)8-4-9-17(16)11-12-5-6-13(18)14(10-12)21-2/h5-6,10,18H,3-4,7-9,11H2,1-2H3,(H,19,20). The molecular formula is C16H23NO4. The smallest absolute Gasteiger partial charge is 0.324 e. The Morgan fingerprint density at radius 3 is 2.86 bits per heavy atom. The first-order valence-electron chi connectivity index (χ1n) is 7.38. The summed E-state index contributed by atoms with van der Waals surface area (Å²) in [5.74, 6) is -0.212. The SMILES string of the molecule is CCCC1(C(=O)O)CCCN1Cc1ccc(O)c(OC)c1. The van der Waals surface area contributed by atoms with Gasteiger partial charge in [0.15, 0.2) is 11.5 Å². The quantitative estimate of drug-likeness (QED) is 0.843. The van der Waals surface area contributed by atoms with E-state index in [1.807, 2.05) is 17.9 Å². The molecule has 1 heterocycles. The summed E-state index contributed by atoms with van der Waals surface area (Å²) in [5, 5.41) is 19.3. The number of hydrogen-bond acceptors (Lipinski definition) is 4. The maximum Gasteiger partial charge on any atom is 0.324 e. The minimum absolute atomic E-state index is 0.0979. The molecule has 21 heavy (non-hydrogen) atoms. The highest BCUT2D eigenvalue weighted by Crippen LogP contribution is 2.36. The molecular weight excluding hydrogens is 270 g/mol. The maximum atomic E-state index is 11.8. The average molecular weight is 293 g/mol. The first-order chi connectivity index (χ1) is 10.0. The Labute approximate surface area is 125 Å². The Hall–Kier alpha value is -1.75. The summed E-state index contributed by atoms with van der Waals surface area (Å²) < 4.78 is 5.11. The highest BCUT2D eigenvalue weighted by atomic mass is 16.5. The van der Waals surface area contributed by atoms with Gasteiger partial charge < -0.3 is 14.9 Å². The van der Waals surface area contributed by atoms with Crippen molar-refractivity contribution in [1.82, 2.24) is 4.90 Å². The second-order valence-electron chi connectivity index (χ2n) is 5.62. The molecule has 0 aliphatic carbocycles. The fourth-order valence-corrected chi connectivity index (χ4v) is 3.25. The number of likely N-dealkylation sites (tertiary alicyclic amines) is 1. The Balaban J connectivity index is 2.23. The maximum absolute atomic E-state index is 11.8. The van der Waals surface area contributed by atoms with Crippen LogP contribution >= 0.6 is 0 Å². The number of nitrogens with zero attached hydrogens (tertiary/aromatic N) is 1. The van der Waals surface area contributed by atoms with Gasteiger partial charge >= 0.3 is 5.97 Å². The molecule has 0 spiro atoms. The van der Waals surface area contributed by atoms with Crippen LogP contribution in [0.3, 0.4) is 0 Å². The van der Waals surface area contributed by atoms with Gasteiger partial charge in [-0.15, -0.1) is 0 Å². The third kappa shape index (κ3) is 2.97. The fourth-order valence-electron chi connectivity index (χ4n) is 3.25. The van der Waals surface area contributed by atoms with E-state index in [9.17, 15) is 15.0 Å².